The normalized spacial score (nSPS) is 16.6. The summed E-state index contributed by atoms with van der Waals surface area (Å²) in [7, 11) is 0. The van der Waals surface area contributed by atoms with Gasteiger partial charge in [-0.2, -0.15) is 5.26 Å². The van der Waals surface area contributed by atoms with Crippen LogP contribution in [0.4, 0.5) is 10.7 Å². The summed E-state index contributed by atoms with van der Waals surface area (Å²) in [5.41, 5.74) is 6.66. The number of nitrogens with zero attached hydrogens (tertiary/aromatic N) is 2. The smallest absolute Gasteiger partial charge is 0.131 e. The third kappa shape index (κ3) is 2.99. The zero-order valence-electron chi connectivity index (χ0n) is 11.3. The molecule has 19 heavy (non-hydrogen) atoms. The molecule has 2 rings (SSSR count). The average Bonchev–Trinajstić information content (AvgIpc) is 2.76. The molecule has 0 atom stereocenters. The van der Waals surface area contributed by atoms with E-state index < -0.39 is 0 Å². The Kier molecular flexibility index (Phi) is 4.97. The molecular formula is C13H19N3OS2. The zero-order chi connectivity index (χ0) is 13.8. The number of ether oxygens (including phenoxy) is 1. The van der Waals surface area contributed by atoms with Gasteiger partial charge in [-0.15, -0.1) is 23.1 Å². The lowest BCUT2D eigenvalue weighted by molar-refractivity contribution is 0.0459. The number of nitriles is 1. The van der Waals surface area contributed by atoms with E-state index in [1.165, 1.54) is 11.3 Å². The van der Waals surface area contributed by atoms with Crippen molar-refractivity contribution in [2.45, 2.75) is 30.8 Å². The Bertz CT molecular complexity index is 473. The maximum absolute atomic E-state index is 9.09. The second-order valence-corrected chi connectivity index (χ2v) is 6.25. The summed E-state index contributed by atoms with van der Waals surface area (Å²) < 4.78 is 5.67. The molecule has 0 amide bonds. The van der Waals surface area contributed by atoms with Crippen LogP contribution in [0.3, 0.4) is 0 Å². The Morgan fingerprint density at radius 1 is 1.53 bits per heavy atom. The number of piperidine rings is 1. The molecule has 0 spiro atoms. The molecule has 1 aromatic rings. The van der Waals surface area contributed by atoms with Gasteiger partial charge in [0.05, 0.1) is 16.7 Å². The van der Waals surface area contributed by atoms with Gasteiger partial charge in [0.15, 0.2) is 0 Å². The summed E-state index contributed by atoms with van der Waals surface area (Å²) in [6.45, 7) is 4.77. The number of hydrogen-bond donors (Lipinski definition) is 1. The molecule has 1 saturated heterocycles. The Balaban J connectivity index is 2.13. The van der Waals surface area contributed by atoms with E-state index in [9.17, 15) is 0 Å². The van der Waals surface area contributed by atoms with Crippen LogP contribution in [0.15, 0.2) is 4.90 Å². The van der Waals surface area contributed by atoms with Crippen molar-refractivity contribution in [2.24, 2.45) is 0 Å². The van der Waals surface area contributed by atoms with Crippen LogP contribution in [0.2, 0.25) is 0 Å². The van der Waals surface area contributed by atoms with E-state index in [-0.39, 0.29) is 0 Å². The van der Waals surface area contributed by atoms with Crippen LogP contribution < -0.4 is 10.6 Å². The topological polar surface area (TPSA) is 62.3 Å². The van der Waals surface area contributed by atoms with Gasteiger partial charge >= 0.3 is 0 Å². The first-order chi connectivity index (χ1) is 9.21. The van der Waals surface area contributed by atoms with Gasteiger partial charge in [-0.25, -0.2) is 0 Å². The van der Waals surface area contributed by atoms with E-state index in [4.69, 9.17) is 15.7 Å². The van der Waals surface area contributed by atoms with E-state index in [1.54, 1.807) is 11.8 Å². The Hall–Kier alpha value is -0.900. The number of thiophene rings is 1. The van der Waals surface area contributed by atoms with E-state index in [0.717, 1.165) is 42.4 Å². The average molecular weight is 297 g/mol. The molecule has 0 unspecified atom stereocenters. The monoisotopic (exact) mass is 297 g/mol. The third-order valence-electron chi connectivity index (χ3n) is 3.32. The summed E-state index contributed by atoms with van der Waals surface area (Å²) in [5, 5.41) is 10.2. The van der Waals surface area contributed by atoms with Gasteiger partial charge in [-0.3, -0.25) is 0 Å². The lowest BCUT2D eigenvalue weighted by atomic mass is 10.1. The number of anilines is 2. The summed E-state index contributed by atoms with van der Waals surface area (Å²) in [6, 6.07) is 2.19. The minimum absolute atomic E-state index is 0.381. The molecule has 1 aromatic heterocycles. The molecule has 0 radical (unpaired) electrons. The largest absolute Gasteiger partial charge is 0.396 e. The minimum Gasteiger partial charge on any atom is -0.396 e. The van der Waals surface area contributed by atoms with Crippen molar-refractivity contribution in [3.63, 3.8) is 0 Å². The Morgan fingerprint density at radius 2 is 2.21 bits per heavy atom. The molecule has 1 aliphatic rings. The summed E-state index contributed by atoms with van der Waals surface area (Å²) in [6.07, 6.45) is 4.48. The molecule has 6 heteroatoms. The number of nitrogen functional groups attached to an aromatic ring is 1. The predicted octanol–water partition coefficient (Wildman–Crippen LogP) is 2.93. The SMILES string of the molecule is CCOC1CCN(c2sc(C#N)c(N)c2SC)CC1. The highest BCUT2D eigenvalue weighted by molar-refractivity contribution is 7.99. The highest BCUT2D eigenvalue weighted by Crippen LogP contribution is 2.44. The molecule has 4 nitrogen and oxygen atoms in total. The van der Waals surface area contributed by atoms with Crippen molar-refractivity contribution in [2.75, 3.05) is 36.6 Å². The second-order valence-electron chi connectivity index (χ2n) is 4.44. The van der Waals surface area contributed by atoms with E-state index in [0.29, 0.717) is 16.7 Å². The number of thioether (sulfide) groups is 1. The van der Waals surface area contributed by atoms with Gasteiger partial charge < -0.3 is 15.4 Å². The molecule has 0 bridgehead atoms. The Morgan fingerprint density at radius 3 is 2.74 bits per heavy atom. The van der Waals surface area contributed by atoms with Crippen molar-refractivity contribution in [3.8, 4) is 6.07 Å². The highest BCUT2D eigenvalue weighted by atomic mass is 32.2. The molecular weight excluding hydrogens is 278 g/mol. The molecule has 1 fully saturated rings. The number of rotatable bonds is 4. The van der Waals surface area contributed by atoms with Crippen LogP contribution in [0, 0.1) is 11.3 Å². The van der Waals surface area contributed by atoms with Gasteiger partial charge in [-0.05, 0) is 26.0 Å². The third-order valence-corrected chi connectivity index (χ3v) is 5.44. The van der Waals surface area contributed by atoms with Gasteiger partial charge in [0, 0.05) is 19.7 Å². The quantitative estimate of drug-likeness (QED) is 0.866. The zero-order valence-corrected chi connectivity index (χ0v) is 12.9. The van der Waals surface area contributed by atoms with Gasteiger partial charge in [0.25, 0.3) is 0 Å². The van der Waals surface area contributed by atoms with Gasteiger partial charge in [-0.1, -0.05) is 0 Å². The molecule has 0 saturated carbocycles. The fraction of sp³-hybridized carbons (Fsp3) is 0.615. The number of hydrogen-bond acceptors (Lipinski definition) is 6. The molecule has 0 aliphatic carbocycles. The maximum atomic E-state index is 9.09. The second kappa shape index (κ2) is 6.51. The van der Waals surface area contributed by atoms with Crippen molar-refractivity contribution in [3.05, 3.63) is 4.88 Å². The first-order valence-corrected chi connectivity index (χ1v) is 8.48. The maximum Gasteiger partial charge on any atom is 0.131 e. The highest BCUT2D eigenvalue weighted by Gasteiger charge is 2.25. The predicted molar refractivity (Wildman–Crippen MR) is 82.1 cm³/mol. The first kappa shape index (κ1) is 14.5. The van der Waals surface area contributed by atoms with Crippen LogP contribution in [0.25, 0.3) is 0 Å². The van der Waals surface area contributed by atoms with Gasteiger partial charge in [0.2, 0.25) is 0 Å². The molecule has 2 heterocycles. The minimum atomic E-state index is 0.381. The molecule has 0 aromatic carbocycles. The van der Waals surface area contributed by atoms with E-state index in [2.05, 4.69) is 11.0 Å². The fourth-order valence-corrected chi connectivity index (χ4v) is 4.40. The van der Waals surface area contributed by atoms with Crippen LogP contribution in [0.1, 0.15) is 24.6 Å². The van der Waals surface area contributed by atoms with E-state index in [1.807, 2.05) is 13.2 Å². The lowest BCUT2D eigenvalue weighted by Gasteiger charge is -2.32. The summed E-state index contributed by atoms with van der Waals surface area (Å²) in [4.78, 5) is 4.02. The fourth-order valence-electron chi connectivity index (χ4n) is 2.37. The number of nitrogens with two attached hydrogens (primary N) is 1. The van der Waals surface area contributed by atoms with E-state index >= 15 is 0 Å². The van der Waals surface area contributed by atoms with Crippen LogP contribution in [-0.4, -0.2) is 32.1 Å². The lowest BCUT2D eigenvalue weighted by Crippen LogP contribution is -2.36. The molecule has 104 valence electrons. The summed E-state index contributed by atoms with van der Waals surface area (Å²) >= 11 is 3.13. The van der Waals surface area contributed by atoms with Gasteiger partial charge in [0.1, 0.15) is 15.9 Å². The van der Waals surface area contributed by atoms with Crippen LogP contribution in [-0.2, 0) is 4.74 Å². The van der Waals surface area contributed by atoms with Crippen molar-refractivity contribution in [1.82, 2.24) is 0 Å². The molecule has 1 aliphatic heterocycles. The first-order valence-electron chi connectivity index (χ1n) is 6.44. The summed E-state index contributed by atoms with van der Waals surface area (Å²) in [5.74, 6) is 0. The van der Waals surface area contributed by atoms with Crippen LogP contribution >= 0.6 is 23.1 Å². The van der Waals surface area contributed by atoms with Crippen LogP contribution in [0.5, 0.6) is 0 Å². The van der Waals surface area contributed by atoms with Crippen molar-refractivity contribution < 1.29 is 4.74 Å². The van der Waals surface area contributed by atoms with Crippen molar-refractivity contribution >= 4 is 33.8 Å². The van der Waals surface area contributed by atoms with Crippen molar-refractivity contribution in [1.29, 1.82) is 5.26 Å². The Labute approximate surface area is 122 Å². The standard InChI is InChI=1S/C13H19N3OS2/c1-3-17-9-4-6-16(7-5-9)13-12(18-2)11(15)10(8-14)19-13/h9H,3-7,15H2,1-2H3. The molecule has 2 N–H and O–H groups in total.